The van der Waals surface area contributed by atoms with Gasteiger partial charge in [-0.15, -0.1) is 0 Å². The Bertz CT molecular complexity index is 737. The monoisotopic (exact) mass is 329 g/mol. The maximum Gasteiger partial charge on any atom is 0.259 e. The summed E-state index contributed by atoms with van der Waals surface area (Å²) in [6, 6.07) is 5.38. The lowest BCUT2D eigenvalue weighted by molar-refractivity contribution is 0.102. The summed E-state index contributed by atoms with van der Waals surface area (Å²) in [6.07, 6.45) is 4.79. The van der Waals surface area contributed by atoms with Gasteiger partial charge in [0.2, 0.25) is 0 Å². The molecule has 0 saturated heterocycles. The number of ether oxygens (including phenoxy) is 2. The molecule has 1 aliphatic rings. The number of methoxy groups -OCH3 is 1. The maximum absolute atomic E-state index is 12.6. The predicted molar refractivity (Wildman–Crippen MR) is 91.9 cm³/mol. The second-order valence-electron chi connectivity index (χ2n) is 6.17. The first-order valence-electron chi connectivity index (χ1n) is 8.29. The summed E-state index contributed by atoms with van der Waals surface area (Å²) in [4.78, 5) is 12.6. The molecule has 1 N–H and O–H groups in total. The van der Waals surface area contributed by atoms with E-state index in [0.717, 1.165) is 31.5 Å². The molecule has 6 heteroatoms. The van der Waals surface area contributed by atoms with Crippen molar-refractivity contribution in [3.63, 3.8) is 0 Å². The number of nitrogens with zero attached hydrogens (tertiary/aromatic N) is 2. The van der Waals surface area contributed by atoms with Gasteiger partial charge in [0.15, 0.2) is 11.5 Å². The fourth-order valence-corrected chi connectivity index (χ4v) is 2.91. The van der Waals surface area contributed by atoms with Crippen molar-refractivity contribution < 1.29 is 14.3 Å². The van der Waals surface area contributed by atoms with Crippen molar-refractivity contribution >= 4 is 11.6 Å². The van der Waals surface area contributed by atoms with Gasteiger partial charge in [0, 0.05) is 18.3 Å². The first-order chi connectivity index (χ1) is 11.6. The molecule has 0 saturated carbocycles. The number of rotatable bonds is 5. The second-order valence-corrected chi connectivity index (χ2v) is 6.17. The van der Waals surface area contributed by atoms with Crippen LogP contribution in [0.1, 0.15) is 42.7 Å². The quantitative estimate of drug-likeness (QED) is 0.914. The van der Waals surface area contributed by atoms with E-state index in [1.54, 1.807) is 31.5 Å². The van der Waals surface area contributed by atoms with Crippen LogP contribution in [0.4, 0.5) is 5.69 Å². The normalized spacial score (nSPS) is 13.5. The van der Waals surface area contributed by atoms with Crippen LogP contribution in [0.25, 0.3) is 0 Å². The van der Waals surface area contributed by atoms with Crippen molar-refractivity contribution in [1.82, 2.24) is 9.78 Å². The van der Waals surface area contributed by atoms with E-state index in [-0.39, 0.29) is 12.0 Å². The number of amides is 1. The minimum absolute atomic E-state index is 0.0209. The van der Waals surface area contributed by atoms with Crippen molar-refractivity contribution in [3.8, 4) is 11.5 Å². The fraction of sp³-hybridized carbons (Fsp3) is 0.444. The number of hydrogen-bond donors (Lipinski definition) is 1. The zero-order chi connectivity index (χ0) is 17.1. The zero-order valence-corrected chi connectivity index (χ0v) is 14.3. The molecule has 2 heterocycles. The van der Waals surface area contributed by atoms with Crippen molar-refractivity contribution in [2.75, 3.05) is 12.4 Å². The Morgan fingerprint density at radius 1 is 1.29 bits per heavy atom. The van der Waals surface area contributed by atoms with Crippen LogP contribution in [0.5, 0.6) is 11.5 Å². The SMILES string of the molecule is COc1ccc(NC(=O)c2cnn3c2CCCC3)cc1OC(C)C. The predicted octanol–water partition coefficient (Wildman–Crippen LogP) is 3.27. The van der Waals surface area contributed by atoms with Crippen LogP contribution in [0.2, 0.25) is 0 Å². The van der Waals surface area contributed by atoms with Crippen LogP contribution in [0.15, 0.2) is 24.4 Å². The number of hydrogen-bond acceptors (Lipinski definition) is 4. The highest BCUT2D eigenvalue weighted by atomic mass is 16.5. The van der Waals surface area contributed by atoms with Gasteiger partial charge < -0.3 is 14.8 Å². The minimum atomic E-state index is -0.140. The zero-order valence-electron chi connectivity index (χ0n) is 14.3. The summed E-state index contributed by atoms with van der Waals surface area (Å²) in [5, 5.41) is 7.25. The van der Waals surface area contributed by atoms with Crippen LogP contribution in [-0.2, 0) is 13.0 Å². The standard InChI is InChI=1S/C18H23N3O3/c1-12(2)24-17-10-13(7-8-16(17)23-3)20-18(22)14-11-19-21-9-5-4-6-15(14)21/h7-8,10-12H,4-6,9H2,1-3H3,(H,20,22). The highest BCUT2D eigenvalue weighted by molar-refractivity contribution is 6.05. The Morgan fingerprint density at radius 3 is 2.88 bits per heavy atom. The van der Waals surface area contributed by atoms with Gasteiger partial charge in [-0.05, 0) is 45.2 Å². The minimum Gasteiger partial charge on any atom is -0.493 e. The van der Waals surface area contributed by atoms with E-state index in [0.29, 0.717) is 22.7 Å². The molecular formula is C18H23N3O3. The van der Waals surface area contributed by atoms with Crippen LogP contribution in [-0.4, -0.2) is 28.9 Å². The van der Waals surface area contributed by atoms with Gasteiger partial charge >= 0.3 is 0 Å². The van der Waals surface area contributed by atoms with Crippen LogP contribution in [0.3, 0.4) is 0 Å². The molecule has 0 aliphatic carbocycles. The van der Waals surface area contributed by atoms with Gasteiger partial charge in [-0.1, -0.05) is 0 Å². The fourth-order valence-electron chi connectivity index (χ4n) is 2.91. The van der Waals surface area contributed by atoms with Crippen LogP contribution < -0.4 is 14.8 Å². The second kappa shape index (κ2) is 6.95. The molecule has 3 rings (SSSR count). The van der Waals surface area contributed by atoms with E-state index in [1.165, 1.54) is 0 Å². The number of benzene rings is 1. The van der Waals surface area contributed by atoms with Crippen molar-refractivity contribution in [3.05, 3.63) is 35.7 Å². The molecule has 0 radical (unpaired) electrons. The molecule has 2 aromatic rings. The van der Waals surface area contributed by atoms with E-state index >= 15 is 0 Å². The van der Waals surface area contributed by atoms with E-state index in [2.05, 4.69) is 10.4 Å². The molecule has 0 atom stereocenters. The average molecular weight is 329 g/mol. The Hall–Kier alpha value is -2.50. The number of carbonyl (C=O) groups excluding carboxylic acids is 1. The van der Waals surface area contributed by atoms with Crippen molar-refractivity contribution in [1.29, 1.82) is 0 Å². The number of fused-ring (bicyclic) bond motifs is 1. The topological polar surface area (TPSA) is 65.4 Å². The molecular weight excluding hydrogens is 306 g/mol. The van der Waals surface area contributed by atoms with Crippen molar-refractivity contribution in [2.24, 2.45) is 0 Å². The summed E-state index contributed by atoms with van der Waals surface area (Å²) >= 11 is 0. The van der Waals surface area contributed by atoms with Gasteiger partial charge in [0.1, 0.15) is 0 Å². The van der Waals surface area contributed by atoms with Gasteiger partial charge in [0.25, 0.3) is 5.91 Å². The average Bonchev–Trinajstić information content (AvgIpc) is 2.98. The third-order valence-electron chi connectivity index (χ3n) is 4.01. The largest absolute Gasteiger partial charge is 0.493 e. The summed E-state index contributed by atoms with van der Waals surface area (Å²) < 4.78 is 13.0. The highest BCUT2D eigenvalue weighted by Crippen LogP contribution is 2.31. The molecule has 24 heavy (non-hydrogen) atoms. The van der Waals surface area contributed by atoms with Crippen LogP contribution >= 0.6 is 0 Å². The molecule has 0 spiro atoms. The molecule has 6 nitrogen and oxygen atoms in total. The lowest BCUT2D eigenvalue weighted by atomic mass is 10.1. The number of nitrogens with one attached hydrogen (secondary N) is 1. The molecule has 1 aliphatic heterocycles. The molecule has 1 aromatic heterocycles. The van der Waals surface area contributed by atoms with Gasteiger partial charge in [0.05, 0.1) is 30.7 Å². The number of aryl methyl sites for hydroxylation is 1. The molecule has 1 amide bonds. The van der Waals surface area contributed by atoms with Gasteiger partial charge in [-0.3, -0.25) is 9.48 Å². The lowest BCUT2D eigenvalue weighted by Crippen LogP contribution is -2.17. The van der Waals surface area contributed by atoms with Gasteiger partial charge in [-0.25, -0.2) is 0 Å². The summed E-state index contributed by atoms with van der Waals surface area (Å²) in [6.45, 7) is 4.78. The Labute approximate surface area is 141 Å². The van der Waals surface area contributed by atoms with E-state index < -0.39 is 0 Å². The Balaban J connectivity index is 1.80. The summed E-state index contributed by atoms with van der Waals surface area (Å²) in [7, 11) is 1.60. The van der Waals surface area contributed by atoms with Crippen molar-refractivity contribution in [2.45, 2.75) is 45.8 Å². The van der Waals surface area contributed by atoms with E-state index in [9.17, 15) is 4.79 Å². The highest BCUT2D eigenvalue weighted by Gasteiger charge is 2.20. The first-order valence-corrected chi connectivity index (χ1v) is 8.29. The van der Waals surface area contributed by atoms with Crippen LogP contribution in [0, 0.1) is 0 Å². The van der Waals surface area contributed by atoms with E-state index in [1.807, 2.05) is 18.5 Å². The Kier molecular flexibility index (Phi) is 4.74. The number of anilines is 1. The molecule has 0 fully saturated rings. The smallest absolute Gasteiger partial charge is 0.259 e. The molecule has 0 unspecified atom stereocenters. The third-order valence-corrected chi connectivity index (χ3v) is 4.01. The summed E-state index contributed by atoms with van der Waals surface area (Å²) in [5.74, 6) is 1.12. The number of carbonyl (C=O) groups is 1. The lowest BCUT2D eigenvalue weighted by Gasteiger charge is -2.16. The Morgan fingerprint density at radius 2 is 2.12 bits per heavy atom. The first kappa shape index (κ1) is 16.4. The molecule has 0 bridgehead atoms. The van der Waals surface area contributed by atoms with Gasteiger partial charge in [-0.2, -0.15) is 5.10 Å². The third kappa shape index (κ3) is 3.37. The summed E-state index contributed by atoms with van der Waals surface area (Å²) in [5.41, 5.74) is 2.34. The van der Waals surface area contributed by atoms with E-state index in [4.69, 9.17) is 9.47 Å². The molecule has 1 aromatic carbocycles. The molecule has 128 valence electrons. The number of aromatic nitrogens is 2. The maximum atomic E-state index is 12.6.